The van der Waals surface area contributed by atoms with Crippen LogP contribution in [0.4, 0.5) is 14.5 Å². The van der Waals surface area contributed by atoms with Crippen LogP contribution in [-0.4, -0.2) is 19.0 Å². The summed E-state index contributed by atoms with van der Waals surface area (Å²) < 4.78 is 26.0. The first kappa shape index (κ1) is 16.1. The molecule has 0 saturated carbocycles. The molecule has 0 aromatic heterocycles. The number of benzene rings is 2. The summed E-state index contributed by atoms with van der Waals surface area (Å²) in [6, 6.07) is 12.8. The number of likely N-dealkylation sites (N-methyl/N-ethyl adjacent to an activating group) is 1. The minimum Gasteiger partial charge on any atom is -0.324 e. The summed E-state index contributed by atoms with van der Waals surface area (Å²) in [6.45, 7) is 2.50. The van der Waals surface area contributed by atoms with Crippen molar-refractivity contribution in [1.29, 1.82) is 0 Å². The lowest BCUT2D eigenvalue weighted by Gasteiger charge is -2.21. The van der Waals surface area contributed by atoms with Gasteiger partial charge < -0.3 is 10.2 Å². The monoisotopic (exact) mass is 305 g/mol. The second-order valence-corrected chi connectivity index (χ2v) is 5.35. The zero-order valence-corrected chi connectivity index (χ0v) is 12.6. The number of anilines is 1. The third kappa shape index (κ3) is 4.11. The molecule has 22 heavy (non-hydrogen) atoms. The van der Waals surface area contributed by atoms with Crippen molar-refractivity contribution in [2.24, 2.45) is 0 Å². The van der Waals surface area contributed by atoms with Gasteiger partial charge in [-0.15, -0.1) is 0 Å². The normalized spacial score (nSPS) is 13.5. The number of hydrogen-bond acceptors (Lipinski definition) is 1. The Bertz CT molecular complexity index is 646. The fourth-order valence-corrected chi connectivity index (χ4v) is 2.12. The molecule has 1 unspecified atom stereocenters. The van der Waals surface area contributed by atoms with Gasteiger partial charge in [0.15, 0.2) is 17.7 Å². The molecule has 0 spiro atoms. The van der Waals surface area contributed by atoms with Crippen LogP contribution >= 0.6 is 0 Å². The van der Waals surface area contributed by atoms with Crippen molar-refractivity contribution in [1.82, 2.24) is 0 Å². The van der Waals surface area contributed by atoms with Gasteiger partial charge in [-0.2, -0.15) is 0 Å². The van der Waals surface area contributed by atoms with Crippen molar-refractivity contribution in [3.05, 3.63) is 65.7 Å². The molecule has 2 rings (SSSR count). The zero-order chi connectivity index (χ0) is 16.1. The van der Waals surface area contributed by atoms with Crippen molar-refractivity contribution in [2.45, 2.75) is 19.5 Å². The van der Waals surface area contributed by atoms with Gasteiger partial charge in [-0.1, -0.05) is 30.3 Å². The minimum absolute atomic E-state index is 0.237. The lowest BCUT2D eigenvalue weighted by Crippen LogP contribution is -3.12. The van der Waals surface area contributed by atoms with Crippen molar-refractivity contribution in [3.63, 3.8) is 0 Å². The molecule has 2 aromatic carbocycles. The maximum Gasteiger partial charge on any atom is 0.282 e. The van der Waals surface area contributed by atoms with Crippen molar-refractivity contribution >= 4 is 11.6 Å². The summed E-state index contributed by atoms with van der Waals surface area (Å²) >= 11 is 0. The number of carbonyl (C=O) groups is 1. The number of rotatable bonds is 5. The minimum atomic E-state index is -0.976. The summed E-state index contributed by atoms with van der Waals surface area (Å²) in [5.74, 6) is -2.15. The number of amides is 1. The molecule has 3 nitrogen and oxygen atoms in total. The van der Waals surface area contributed by atoms with E-state index in [1.807, 2.05) is 37.4 Å². The highest BCUT2D eigenvalue weighted by atomic mass is 19.2. The quantitative estimate of drug-likeness (QED) is 0.870. The lowest BCUT2D eigenvalue weighted by atomic mass is 10.2. The summed E-state index contributed by atoms with van der Waals surface area (Å²) in [4.78, 5) is 13.2. The topological polar surface area (TPSA) is 33.5 Å². The van der Waals surface area contributed by atoms with Gasteiger partial charge in [-0.25, -0.2) is 8.78 Å². The van der Waals surface area contributed by atoms with E-state index in [2.05, 4.69) is 5.32 Å². The molecule has 2 aromatic rings. The van der Waals surface area contributed by atoms with Crippen LogP contribution in [0.2, 0.25) is 0 Å². The molecule has 1 amide bonds. The Hall–Kier alpha value is -2.27. The van der Waals surface area contributed by atoms with Gasteiger partial charge in [-0.3, -0.25) is 4.79 Å². The molecule has 0 heterocycles. The molecule has 0 aliphatic heterocycles. The molecule has 0 aliphatic rings. The van der Waals surface area contributed by atoms with E-state index >= 15 is 0 Å². The van der Waals surface area contributed by atoms with Gasteiger partial charge in [-0.05, 0) is 19.1 Å². The fraction of sp³-hybridized carbons (Fsp3) is 0.235. The Morgan fingerprint density at radius 2 is 1.82 bits per heavy atom. The highest BCUT2D eigenvalue weighted by molar-refractivity contribution is 5.93. The molecule has 116 valence electrons. The second-order valence-electron chi connectivity index (χ2n) is 5.35. The van der Waals surface area contributed by atoms with E-state index in [-0.39, 0.29) is 17.6 Å². The molecule has 0 radical (unpaired) electrons. The van der Waals surface area contributed by atoms with Crippen LogP contribution in [0, 0.1) is 11.6 Å². The molecule has 2 N–H and O–H groups in total. The maximum atomic E-state index is 13.1. The zero-order valence-electron chi connectivity index (χ0n) is 12.6. The molecular formula is C17H19F2N2O+. The largest absolute Gasteiger partial charge is 0.324 e. The van der Waals surface area contributed by atoms with Crippen molar-refractivity contribution in [3.8, 4) is 0 Å². The first-order chi connectivity index (χ1) is 10.5. The highest BCUT2D eigenvalue weighted by Crippen LogP contribution is 2.13. The van der Waals surface area contributed by atoms with E-state index in [1.165, 1.54) is 6.07 Å². The predicted octanol–water partition coefficient (Wildman–Crippen LogP) is 2.01. The smallest absolute Gasteiger partial charge is 0.282 e. The maximum absolute atomic E-state index is 13.1. The summed E-state index contributed by atoms with van der Waals surface area (Å²) in [6.07, 6.45) is 0. The number of halogens is 2. The Morgan fingerprint density at radius 3 is 2.45 bits per heavy atom. The first-order valence-corrected chi connectivity index (χ1v) is 7.09. The van der Waals surface area contributed by atoms with Crippen LogP contribution in [0.15, 0.2) is 48.5 Å². The van der Waals surface area contributed by atoms with Crippen LogP contribution < -0.4 is 10.2 Å². The molecule has 0 fully saturated rings. The van der Waals surface area contributed by atoms with Crippen molar-refractivity contribution in [2.75, 3.05) is 12.4 Å². The van der Waals surface area contributed by atoms with Crippen molar-refractivity contribution < 1.29 is 18.5 Å². The van der Waals surface area contributed by atoms with E-state index in [9.17, 15) is 13.6 Å². The van der Waals surface area contributed by atoms with Gasteiger partial charge in [0, 0.05) is 17.3 Å². The highest BCUT2D eigenvalue weighted by Gasteiger charge is 2.22. The Labute approximate surface area is 128 Å². The van der Waals surface area contributed by atoms with Crippen LogP contribution in [-0.2, 0) is 11.3 Å². The van der Waals surface area contributed by atoms with Crippen LogP contribution in [0.5, 0.6) is 0 Å². The van der Waals surface area contributed by atoms with Crippen LogP contribution in [0.3, 0.4) is 0 Å². The molecular weight excluding hydrogens is 286 g/mol. The Morgan fingerprint density at radius 1 is 1.14 bits per heavy atom. The number of hydrogen-bond donors (Lipinski definition) is 2. The van der Waals surface area contributed by atoms with Gasteiger partial charge in [0.05, 0.1) is 7.05 Å². The molecule has 5 heteroatoms. The number of quaternary nitrogens is 1. The Kier molecular flexibility index (Phi) is 5.22. The lowest BCUT2D eigenvalue weighted by molar-refractivity contribution is -0.907. The average molecular weight is 305 g/mol. The fourth-order valence-electron chi connectivity index (χ4n) is 2.12. The molecule has 2 atom stereocenters. The third-order valence-electron chi connectivity index (χ3n) is 3.65. The van der Waals surface area contributed by atoms with E-state index in [0.29, 0.717) is 6.54 Å². The van der Waals surface area contributed by atoms with Gasteiger partial charge in [0.1, 0.15) is 6.54 Å². The van der Waals surface area contributed by atoms with Gasteiger partial charge >= 0.3 is 0 Å². The van der Waals surface area contributed by atoms with Crippen LogP contribution in [0.1, 0.15) is 12.5 Å². The van der Waals surface area contributed by atoms with Crippen LogP contribution in [0.25, 0.3) is 0 Å². The standard InChI is InChI=1S/C17H18F2N2O/c1-12(21(2)11-13-6-4-3-5-7-13)17(22)20-14-8-9-15(18)16(19)10-14/h3-10,12H,11H2,1-2H3,(H,20,22)/p+1/t12-/m1/s1. The average Bonchev–Trinajstić information content (AvgIpc) is 2.51. The van der Waals surface area contributed by atoms with Gasteiger partial charge in [0.2, 0.25) is 0 Å². The predicted molar refractivity (Wildman–Crippen MR) is 81.5 cm³/mol. The van der Waals surface area contributed by atoms with E-state index < -0.39 is 11.6 Å². The summed E-state index contributed by atoms with van der Waals surface area (Å²) in [5.41, 5.74) is 1.38. The molecule has 0 bridgehead atoms. The number of nitrogens with one attached hydrogen (secondary N) is 2. The molecule has 0 aliphatic carbocycles. The van der Waals surface area contributed by atoms with E-state index in [0.717, 1.165) is 22.6 Å². The van der Waals surface area contributed by atoms with E-state index in [1.54, 1.807) is 6.92 Å². The Balaban J connectivity index is 1.97. The SMILES string of the molecule is C[C@H](C(=O)Nc1ccc(F)c(F)c1)[NH+](C)Cc1ccccc1. The first-order valence-electron chi connectivity index (χ1n) is 7.09. The molecule has 0 saturated heterocycles. The number of carbonyl (C=O) groups excluding carboxylic acids is 1. The third-order valence-corrected chi connectivity index (χ3v) is 3.65. The van der Waals surface area contributed by atoms with Gasteiger partial charge in [0.25, 0.3) is 5.91 Å². The van der Waals surface area contributed by atoms with E-state index in [4.69, 9.17) is 0 Å². The second kappa shape index (κ2) is 7.13. The summed E-state index contributed by atoms with van der Waals surface area (Å²) in [7, 11) is 1.92. The summed E-state index contributed by atoms with van der Waals surface area (Å²) in [5, 5.41) is 2.61.